The van der Waals surface area contributed by atoms with Crippen molar-refractivity contribution in [1.29, 1.82) is 0 Å². The highest BCUT2D eigenvalue weighted by Gasteiger charge is 2.02. The lowest BCUT2D eigenvalue weighted by Gasteiger charge is -2.03. The van der Waals surface area contributed by atoms with E-state index in [2.05, 4.69) is 5.32 Å². The van der Waals surface area contributed by atoms with Gasteiger partial charge in [-0.3, -0.25) is 4.79 Å². The fourth-order valence-corrected chi connectivity index (χ4v) is 1.04. The van der Waals surface area contributed by atoms with Crippen molar-refractivity contribution in [2.45, 2.75) is 6.54 Å². The highest BCUT2D eigenvalue weighted by molar-refractivity contribution is 5.87. The van der Waals surface area contributed by atoms with Crippen LogP contribution in [0, 0.1) is 0 Å². The fraction of sp³-hybridized carbons (Fsp3) is 0.200. The molecular weight excluding hydrogens is 196 g/mol. The molecule has 1 amide bonds. The first kappa shape index (κ1) is 11.2. The zero-order chi connectivity index (χ0) is 11.3. The molecule has 0 aliphatic rings. The quantitative estimate of drug-likeness (QED) is 0.647. The lowest BCUT2D eigenvalue weighted by molar-refractivity contribution is -0.119. The number of carbonyl (C=O) groups is 2. The SMILES string of the molecule is NCC(=O)NCc1ccc(C(=O)O)cc1. The molecule has 1 rings (SSSR count). The van der Waals surface area contributed by atoms with Gasteiger partial charge in [0, 0.05) is 6.54 Å². The van der Waals surface area contributed by atoms with Gasteiger partial charge in [0.1, 0.15) is 0 Å². The van der Waals surface area contributed by atoms with Crippen LogP contribution in [0.25, 0.3) is 0 Å². The first-order valence-corrected chi connectivity index (χ1v) is 4.42. The Labute approximate surface area is 86.9 Å². The van der Waals surface area contributed by atoms with E-state index >= 15 is 0 Å². The molecule has 0 aromatic heterocycles. The minimum atomic E-state index is -0.965. The summed E-state index contributed by atoms with van der Waals surface area (Å²) in [4.78, 5) is 21.4. The predicted octanol–water partition coefficient (Wildman–Crippen LogP) is -0.0403. The average molecular weight is 208 g/mol. The molecule has 5 nitrogen and oxygen atoms in total. The molecule has 15 heavy (non-hydrogen) atoms. The molecule has 0 saturated carbocycles. The molecule has 5 heteroatoms. The van der Waals surface area contributed by atoms with Gasteiger partial charge in [0.25, 0.3) is 0 Å². The average Bonchev–Trinajstić information content (AvgIpc) is 2.26. The molecule has 80 valence electrons. The number of carbonyl (C=O) groups excluding carboxylic acids is 1. The monoisotopic (exact) mass is 208 g/mol. The topological polar surface area (TPSA) is 92.4 Å². The van der Waals surface area contributed by atoms with E-state index in [9.17, 15) is 9.59 Å². The number of carboxylic acid groups (broad SMARTS) is 1. The Morgan fingerprint density at radius 3 is 2.33 bits per heavy atom. The van der Waals surface area contributed by atoms with E-state index in [1.54, 1.807) is 12.1 Å². The number of hydrogen-bond acceptors (Lipinski definition) is 3. The number of carboxylic acids is 1. The summed E-state index contributed by atoms with van der Waals surface area (Å²) in [6, 6.07) is 6.29. The van der Waals surface area contributed by atoms with E-state index < -0.39 is 5.97 Å². The summed E-state index contributed by atoms with van der Waals surface area (Å²) in [6.45, 7) is 0.309. The number of hydrogen-bond donors (Lipinski definition) is 3. The van der Waals surface area contributed by atoms with Gasteiger partial charge in [-0.1, -0.05) is 12.1 Å². The van der Waals surface area contributed by atoms with E-state index in [1.807, 2.05) is 0 Å². The number of rotatable bonds is 4. The van der Waals surface area contributed by atoms with Crippen molar-refractivity contribution >= 4 is 11.9 Å². The maximum Gasteiger partial charge on any atom is 0.335 e. The van der Waals surface area contributed by atoms with Crippen LogP contribution < -0.4 is 11.1 Å². The molecule has 0 unspecified atom stereocenters. The highest BCUT2D eigenvalue weighted by atomic mass is 16.4. The van der Waals surface area contributed by atoms with E-state index in [0.717, 1.165) is 5.56 Å². The summed E-state index contributed by atoms with van der Waals surface area (Å²) < 4.78 is 0. The largest absolute Gasteiger partial charge is 0.478 e. The van der Waals surface area contributed by atoms with Gasteiger partial charge in [-0.05, 0) is 17.7 Å². The summed E-state index contributed by atoms with van der Waals surface area (Å²) >= 11 is 0. The summed E-state index contributed by atoms with van der Waals surface area (Å²) in [6.07, 6.45) is 0. The zero-order valence-electron chi connectivity index (χ0n) is 8.06. The van der Waals surface area contributed by atoms with Crippen LogP contribution in [0.1, 0.15) is 15.9 Å². The van der Waals surface area contributed by atoms with Crippen molar-refractivity contribution in [3.05, 3.63) is 35.4 Å². The molecule has 0 atom stereocenters. The molecular formula is C10H12N2O3. The van der Waals surface area contributed by atoms with Crippen LogP contribution in [0.15, 0.2) is 24.3 Å². The van der Waals surface area contributed by atoms with Crippen LogP contribution >= 0.6 is 0 Å². The minimum absolute atomic E-state index is 0.0484. The van der Waals surface area contributed by atoms with Gasteiger partial charge >= 0.3 is 5.97 Å². The Balaban J connectivity index is 2.57. The predicted molar refractivity (Wildman–Crippen MR) is 54.3 cm³/mol. The Bertz CT molecular complexity index is 359. The van der Waals surface area contributed by atoms with Crippen LogP contribution in [0.3, 0.4) is 0 Å². The third-order valence-electron chi connectivity index (χ3n) is 1.88. The van der Waals surface area contributed by atoms with Crippen LogP contribution in [0.2, 0.25) is 0 Å². The van der Waals surface area contributed by atoms with Gasteiger partial charge in [-0.25, -0.2) is 4.79 Å². The molecule has 0 aliphatic carbocycles. The van der Waals surface area contributed by atoms with Gasteiger partial charge in [-0.2, -0.15) is 0 Å². The highest BCUT2D eigenvalue weighted by Crippen LogP contribution is 2.03. The Hall–Kier alpha value is -1.88. The van der Waals surface area contributed by atoms with Crippen LogP contribution in [-0.4, -0.2) is 23.5 Å². The summed E-state index contributed by atoms with van der Waals surface area (Å²) in [5.41, 5.74) is 6.17. The van der Waals surface area contributed by atoms with E-state index in [1.165, 1.54) is 12.1 Å². The second-order valence-corrected chi connectivity index (χ2v) is 2.98. The molecule has 1 aromatic carbocycles. The van der Waals surface area contributed by atoms with Gasteiger partial charge in [-0.15, -0.1) is 0 Å². The maximum atomic E-state index is 10.8. The van der Waals surface area contributed by atoms with E-state index in [0.29, 0.717) is 6.54 Å². The molecule has 0 spiro atoms. The van der Waals surface area contributed by atoms with Crippen molar-refractivity contribution in [3.8, 4) is 0 Å². The van der Waals surface area contributed by atoms with Gasteiger partial charge in [0.2, 0.25) is 5.91 Å². The molecule has 0 radical (unpaired) electrons. The van der Waals surface area contributed by atoms with Crippen LogP contribution in [-0.2, 0) is 11.3 Å². The standard InChI is InChI=1S/C10H12N2O3/c11-5-9(13)12-6-7-1-3-8(4-2-7)10(14)15/h1-4H,5-6,11H2,(H,12,13)(H,14,15). The molecule has 0 fully saturated rings. The number of amides is 1. The second-order valence-electron chi connectivity index (χ2n) is 2.98. The molecule has 0 bridgehead atoms. The van der Waals surface area contributed by atoms with Gasteiger partial charge in [0.05, 0.1) is 12.1 Å². The molecule has 0 heterocycles. The van der Waals surface area contributed by atoms with Crippen molar-refractivity contribution < 1.29 is 14.7 Å². The van der Waals surface area contributed by atoms with Crippen LogP contribution in [0.4, 0.5) is 0 Å². The second kappa shape index (κ2) is 5.11. The fourth-order valence-electron chi connectivity index (χ4n) is 1.04. The lowest BCUT2D eigenvalue weighted by Crippen LogP contribution is -2.29. The normalized spacial score (nSPS) is 9.67. The van der Waals surface area contributed by atoms with Gasteiger partial charge in [0.15, 0.2) is 0 Å². The van der Waals surface area contributed by atoms with Crippen molar-refractivity contribution in [2.75, 3.05) is 6.54 Å². The maximum absolute atomic E-state index is 10.8. The smallest absolute Gasteiger partial charge is 0.335 e. The summed E-state index contributed by atoms with van der Waals surface area (Å²) in [5.74, 6) is -1.20. The number of aromatic carboxylic acids is 1. The summed E-state index contributed by atoms with van der Waals surface area (Å²) in [5, 5.41) is 11.2. The minimum Gasteiger partial charge on any atom is -0.478 e. The Morgan fingerprint density at radius 2 is 1.87 bits per heavy atom. The Kier molecular flexibility index (Phi) is 3.82. The zero-order valence-corrected chi connectivity index (χ0v) is 8.06. The third kappa shape index (κ3) is 3.40. The Morgan fingerprint density at radius 1 is 1.27 bits per heavy atom. The molecule has 0 aliphatic heterocycles. The number of benzene rings is 1. The van der Waals surface area contributed by atoms with Crippen molar-refractivity contribution in [1.82, 2.24) is 5.32 Å². The lowest BCUT2D eigenvalue weighted by atomic mass is 10.1. The first-order valence-electron chi connectivity index (χ1n) is 4.42. The molecule has 0 saturated heterocycles. The summed E-state index contributed by atoms with van der Waals surface area (Å²) in [7, 11) is 0. The van der Waals surface area contributed by atoms with Crippen molar-refractivity contribution in [2.24, 2.45) is 5.73 Å². The number of nitrogens with two attached hydrogens (primary N) is 1. The first-order chi connectivity index (χ1) is 7.13. The van der Waals surface area contributed by atoms with Crippen LogP contribution in [0.5, 0.6) is 0 Å². The third-order valence-corrected chi connectivity index (χ3v) is 1.88. The number of nitrogens with one attached hydrogen (secondary N) is 1. The molecule has 1 aromatic rings. The van der Waals surface area contributed by atoms with E-state index in [-0.39, 0.29) is 18.0 Å². The van der Waals surface area contributed by atoms with Crippen molar-refractivity contribution in [3.63, 3.8) is 0 Å². The molecule has 4 N–H and O–H groups in total. The van der Waals surface area contributed by atoms with E-state index in [4.69, 9.17) is 10.8 Å². The van der Waals surface area contributed by atoms with Gasteiger partial charge < -0.3 is 16.2 Å².